The van der Waals surface area contributed by atoms with Gasteiger partial charge in [-0.2, -0.15) is 0 Å². The zero-order chi connectivity index (χ0) is 8.81. The van der Waals surface area contributed by atoms with Crippen molar-refractivity contribution >= 4 is 0 Å². The van der Waals surface area contributed by atoms with Gasteiger partial charge < -0.3 is 4.74 Å². The molecule has 0 saturated carbocycles. The summed E-state index contributed by atoms with van der Waals surface area (Å²) in [6.45, 7) is 5.28. The first-order chi connectivity index (χ1) is 5.83. The molecular formula is C11H20O. The zero-order valence-corrected chi connectivity index (χ0v) is 8.31. The molecule has 0 bridgehead atoms. The SMILES string of the molecule is CCCCC[C@@H]1CC(C)=CCO1. The Morgan fingerprint density at radius 2 is 2.33 bits per heavy atom. The van der Waals surface area contributed by atoms with Crippen LogP contribution in [0.5, 0.6) is 0 Å². The Morgan fingerprint density at radius 3 is 3.00 bits per heavy atom. The first-order valence-electron chi connectivity index (χ1n) is 5.10. The van der Waals surface area contributed by atoms with Gasteiger partial charge in [-0.1, -0.05) is 37.8 Å². The van der Waals surface area contributed by atoms with Crippen molar-refractivity contribution < 1.29 is 4.74 Å². The molecule has 0 aromatic rings. The van der Waals surface area contributed by atoms with Gasteiger partial charge in [-0.25, -0.2) is 0 Å². The molecule has 1 nitrogen and oxygen atoms in total. The third-order valence-corrected chi connectivity index (χ3v) is 2.44. The lowest BCUT2D eigenvalue weighted by atomic mass is 10.0. The summed E-state index contributed by atoms with van der Waals surface area (Å²) in [6.07, 6.45) is 9.10. The van der Waals surface area contributed by atoms with Crippen molar-refractivity contribution in [3.05, 3.63) is 11.6 Å². The van der Waals surface area contributed by atoms with Gasteiger partial charge >= 0.3 is 0 Å². The van der Waals surface area contributed by atoms with E-state index in [-0.39, 0.29) is 0 Å². The van der Waals surface area contributed by atoms with Crippen LogP contribution in [-0.2, 0) is 4.74 Å². The van der Waals surface area contributed by atoms with Crippen molar-refractivity contribution in [2.75, 3.05) is 6.61 Å². The van der Waals surface area contributed by atoms with E-state index in [0.717, 1.165) is 13.0 Å². The number of hydrogen-bond acceptors (Lipinski definition) is 1. The van der Waals surface area contributed by atoms with E-state index in [0.29, 0.717) is 6.10 Å². The van der Waals surface area contributed by atoms with Crippen LogP contribution in [0.1, 0.15) is 46.0 Å². The maximum Gasteiger partial charge on any atom is 0.0653 e. The molecule has 0 amide bonds. The van der Waals surface area contributed by atoms with E-state index in [1.807, 2.05) is 0 Å². The van der Waals surface area contributed by atoms with Crippen LogP contribution in [0, 0.1) is 0 Å². The molecule has 1 rings (SSSR count). The van der Waals surface area contributed by atoms with E-state index in [1.54, 1.807) is 0 Å². The highest BCUT2D eigenvalue weighted by atomic mass is 16.5. The Hall–Kier alpha value is -0.300. The second kappa shape index (κ2) is 5.36. The average molecular weight is 168 g/mol. The molecule has 1 aliphatic heterocycles. The van der Waals surface area contributed by atoms with Gasteiger partial charge in [-0.15, -0.1) is 0 Å². The van der Waals surface area contributed by atoms with Crippen LogP contribution >= 0.6 is 0 Å². The number of ether oxygens (including phenoxy) is 1. The predicted molar refractivity (Wildman–Crippen MR) is 52.3 cm³/mol. The van der Waals surface area contributed by atoms with Crippen LogP contribution in [0.25, 0.3) is 0 Å². The van der Waals surface area contributed by atoms with Crippen molar-refractivity contribution in [1.29, 1.82) is 0 Å². The van der Waals surface area contributed by atoms with Crippen LogP contribution in [0.4, 0.5) is 0 Å². The van der Waals surface area contributed by atoms with Gasteiger partial charge in [-0.3, -0.25) is 0 Å². The molecule has 0 aliphatic carbocycles. The molecule has 1 heteroatoms. The molecule has 0 saturated heterocycles. The Kier molecular flexibility index (Phi) is 4.37. The van der Waals surface area contributed by atoms with Crippen LogP contribution < -0.4 is 0 Å². The highest BCUT2D eigenvalue weighted by molar-refractivity contribution is 5.02. The van der Waals surface area contributed by atoms with Crippen molar-refractivity contribution in [2.24, 2.45) is 0 Å². The van der Waals surface area contributed by atoms with Gasteiger partial charge in [0.15, 0.2) is 0 Å². The first kappa shape index (κ1) is 9.79. The summed E-state index contributed by atoms with van der Waals surface area (Å²) in [7, 11) is 0. The van der Waals surface area contributed by atoms with Crippen molar-refractivity contribution in [3.63, 3.8) is 0 Å². The second-order valence-corrected chi connectivity index (χ2v) is 3.71. The lowest BCUT2D eigenvalue weighted by Gasteiger charge is -2.21. The van der Waals surface area contributed by atoms with E-state index in [9.17, 15) is 0 Å². The molecule has 0 aromatic heterocycles. The summed E-state index contributed by atoms with van der Waals surface area (Å²) < 4.78 is 5.62. The van der Waals surface area contributed by atoms with E-state index in [1.165, 1.54) is 31.3 Å². The fourth-order valence-electron chi connectivity index (χ4n) is 1.64. The van der Waals surface area contributed by atoms with Gasteiger partial charge in [0.1, 0.15) is 0 Å². The standard InChI is InChI=1S/C11H20O/c1-3-4-5-6-11-9-10(2)7-8-12-11/h7,11H,3-6,8-9H2,1-2H3/t11-/m1/s1. The van der Waals surface area contributed by atoms with E-state index in [4.69, 9.17) is 4.74 Å². The third kappa shape index (κ3) is 3.40. The molecule has 0 fully saturated rings. The summed E-state index contributed by atoms with van der Waals surface area (Å²) in [5, 5.41) is 0. The first-order valence-corrected chi connectivity index (χ1v) is 5.10. The Labute approximate surface area is 75.8 Å². The predicted octanol–water partition coefficient (Wildman–Crippen LogP) is 3.30. The fraction of sp³-hybridized carbons (Fsp3) is 0.818. The molecule has 12 heavy (non-hydrogen) atoms. The maximum absolute atomic E-state index is 5.62. The zero-order valence-electron chi connectivity index (χ0n) is 8.31. The normalized spacial score (nSPS) is 23.8. The topological polar surface area (TPSA) is 9.23 Å². The fourth-order valence-corrected chi connectivity index (χ4v) is 1.64. The highest BCUT2D eigenvalue weighted by Crippen LogP contribution is 2.18. The molecular weight excluding hydrogens is 148 g/mol. The Bertz CT molecular complexity index is 149. The molecule has 70 valence electrons. The van der Waals surface area contributed by atoms with Gasteiger partial charge in [0.25, 0.3) is 0 Å². The minimum atomic E-state index is 0.515. The van der Waals surface area contributed by atoms with Crippen molar-refractivity contribution in [1.82, 2.24) is 0 Å². The molecule has 0 N–H and O–H groups in total. The van der Waals surface area contributed by atoms with E-state index < -0.39 is 0 Å². The lowest BCUT2D eigenvalue weighted by Crippen LogP contribution is -2.17. The summed E-state index contributed by atoms with van der Waals surface area (Å²) >= 11 is 0. The molecule has 0 spiro atoms. The van der Waals surface area contributed by atoms with Crippen LogP contribution in [0.2, 0.25) is 0 Å². The summed E-state index contributed by atoms with van der Waals surface area (Å²) in [5.41, 5.74) is 1.50. The van der Waals surface area contributed by atoms with Crippen molar-refractivity contribution in [3.8, 4) is 0 Å². The summed E-state index contributed by atoms with van der Waals surface area (Å²) in [6, 6.07) is 0. The van der Waals surface area contributed by atoms with Gasteiger partial charge in [0.2, 0.25) is 0 Å². The van der Waals surface area contributed by atoms with E-state index in [2.05, 4.69) is 19.9 Å². The minimum absolute atomic E-state index is 0.515. The molecule has 0 radical (unpaired) electrons. The molecule has 1 atom stereocenters. The number of rotatable bonds is 4. The van der Waals surface area contributed by atoms with Crippen LogP contribution in [-0.4, -0.2) is 12.7 Å². The number of hydrogen-bond donors (Lipinski definition) is 0. The lowest BCUT2D eigenvalue weighted by molar-refractivity contribution is 0.0564. The van der Waals surface area contributed by atoms with Gasteiger partial charge in [-0.05, 0) is 19.8 Å². The van der Waals surface area contributed by atoms with E-state index >= 15 is 0 Å². The smallest absolute Gasteiger partial charge is 0.0653 e. The van der Waals surface area contributed by atoms with Crippen LogP contribution in [0.3, 0.4) is 0 Å². The quantitative estimate of drug-likeness (QED) is 0.462. The van der Waals surface area contributed by atoms with Gasteiger partial charge in [0, 0.05) is 0 Å². The highest BCUT2D eigenvalue weighted by Gasteiger charge is 2.12. The second-order valence-electron chi connectivity index (χ2n) is 3.71. The maximum atomic E-state index is 5.62. The van der Waals surface area contributed by atoms with Crippen LogP contribution in [0.15, 0.2) is 11.6 Å². The molecule has 1 aliphatic rings. The van der Waals surface area contributed by atoms with Gasteiger partial charge in [0.05, 0.1) is 12.7 Å². The summed E-state index contributed by atoms with van der Waals surface area (Å²) in [5.74, 6) is 0. The largest absolute Gasteiger partial charge is 0.374 e. The molecule has 1 heterocycles. The number of unbranched alkanes of at least 4 members (excludes halogenated alkanes) is 2. The molecule has 0 unspecified atom stereocenters. The minimum Gasteiger partial charge on any atom is -0.374 e. The summed E-state index contributed by atoms with van der Waals surface area (Å²) in [4.78, 5) is 0. The Balaban J connectivity index is 2.13. The average Bonchev–Trinajstić information content (AvgIpc) is 2.05. The monoisotopic (exact) mass is 168 g/mol. The Morgan fingerprint density at radius 1 is 1.50 bits per heavy atom. The molecule has 0 aromatic carbocycles. The van der Waals surface area contributed by atoms with Crippen molar-refractivity contribution in [2.45, 2.75) is 52.1 Å². The third-order valence-electron chi connectivity index (χ3n) is 2.44.